The minimum Gasteiger partial charge on any atom is -0.366 e. The molecule has 0 bridgehead atoms. The number of hydrogen-bond acceptors (Lipinski definition) is 9. The summed E-state index contributed by atoms with van der Waals surface area (Å²) in [4.78, 5) is 16.9. The highest BCUT2D eigenvalue weighted by Gasteiger charge is 2.29. The highest BCUT2D eigenvalue weighted by Crippen LogP contribution is 2.31. The van der Waals surface area contributed by atoms with Gasteiger partial charge in [0.2, 0.25) is 10.0 Å². The Bertz CT molecular complexity index is 1410. The van der Waals surface area contributed by atoms with Gasteiger partial charge in [0.1, 0.15) is 16.2 Å². The van der Waals surface area contributed by atoms with Crippen LogP contribution in [0.1, 0.15) is 12.6 Å². The van der Waals surface area contributed by atoms with Gasteiger partial charge in [0.05, 0.1) is 18.1 Å². The number of aryl methyl sites for hydroxylation is 1. The zero-order valence-electron chi connectivity index (χ0n) is 18.5. The fourth-order valence-electron chi connectivity index (χ4n) is 4.01. The monoisotopic (exact) mass is 484 g/mol. The summed E-state index contributed by atoms with van der Waals surface area (Å²) in [5.74, 6) is 0.676. The van der Waals surface area contributed by atoms with E-state index in [1.54, 1.807) is 12.4 Å². The smallest absolute Gasteiger partial charge is 0.211 e. The van der Waals surface area contributed by atoms with Crippen LogP contribution in [0.5, 0.6) is 0 Å². The standard InChI is InChI=1S/C21H24N8O2S2/c1-13-12-28(33(3,30)31)8-9-29(13)15-6-7-22-19(10-15)26-21-25-18-5-4-17(24-20(18)32-21)16-11-23-27-14(16)2/h4-7,10-11,13H,8-9,12H2,1-3H3,(H,23,27)(H,22,25,26)/t13-/m1/s1. The minimum absolute atomic E-state index is 0.0557. The summed E-state index contributed by atoms with van der Waals surface area (Å²) in [5.41, 5.74) is 4.60. The number of aromatic amines is 1. The molecule has 0 unspecified atom stereocenters. The SMILES string of the molecule is Cc1[nH]ncc1-c1ccc2nc(Nc3cc(N4CCN(S(C)(=O)=O)C[C@H]4C)ccn3)sc2n1. The van der Waals surface area contributed by atoms with Gasteiger partial charge < -0.3 is 10.2 Å². The molecule has 0 saturated carbocycles. The summed E-state index contributed by atoms with van der Waals surface area (Å²) in [7, 11) is -3.18. The van der Waals surface area contributed by atoms with Crippen LogP contribution in [0, 0.1) is 6.92 Å². The predicted molar refractivity (Wildman–Crippen MR) is 130 cm³/mol. The molecular formula is C21H24N8O2S2. The topological polar surface area (TPSA) is 120 Å². The summed E-state index contributed by atoms with van der Waals surface area (Å²) >= 11 is 1.46. The normalized spacial score (nSPS) is 17.5. The Morgan fingerprint density at radius 1 is 1.21 bits per heavy atom. The van der Waals surface area contributed by atoms with Crippen LogP contribution in [0.25, 0.3) is 21.6 Å². The van der Waals surface area contributed by atoms with Gasteiger partial charge >= 0.3 is 0 Å². The van der Waals surface area contributed by atoms with Crippen molar-refractivity contribution in [1.82, 2.24) is 29.5 Å². The number of piperazine rings is 1. The predicted octanol–water partition coefficient (Wildman–Crippen LogP) is 3.00. The van der Waals surface area contributed by atoms with Crippen molar-refractivity contribution >= 4 is 48.3 Å². The van der Waals surface area contributed by atoms with Crippen LogP contribution in [0.15, 0.2) is 36.7 Å². The van der Waals surface area contributed by atoms with E-state index in [1.807, 2.05) is 38.1 Å². The van der Waals surface area contributed by atoms with Crippen LogP contribution < -0.4 is 10.2 Å². The Kier molecular flexibility index (Phi) is 5.51. The zero-order valence-corrected chi connectivity index (χ0v) is 20.1. The first kappa shape index (κ1) is 21.7. The molecule has 0 spiro atoms. The first-order valence-corrected chi connectivity index (χ1v) is 13.2. The van der Waals surface area contributed by atoms with Crippen molar-refractivity contribution in [2.24, 2.45) is 0 Å². The molecule has 12 heteroatoms. The number of thiazole rings is 1. The van der Waals surface area contributed by atoms with Gasteiger partial charge in [-0.2, -0.15) is 9.40 Å². The average molecular weight is 485 g/mol. The molecule has 5 heterocycles. The Labute approximate surface area is 195 Å². The largest absolute Gasteiger partial charge is 0.366 e. The Hall–Kier alpha value is -3.09. The lowest BCUT2D eigenvalue weighted by Crippen LogP contribution is -2.53. The molecule has 2 N–H and O–H groups in total. The van der Waals surface area contributed by atoms with Gasteiger partial charge in [-0.05, 0) is 32.0 Å². The second-order valence-electron chi connectivity index (χ2n) is 8.14. The lowest BCUT2D eigenvalue weighted by Gasteiger charge is -2.40. The van der Waals surface area contributed by atoms with Crippen molar-refractivity contribution in [1.29, 1.82) is 0 Å². The fraction of sp³-hybridized carbons (Fsp3) is 0.333. The Morgan fingerprint density at radius 2 is 2.06 bits per heavy atom. The molecule has 0 aliphatic carbocycles. The number of anilines is 3. The van der Waals surface area contributed by atoms with E-state index in [2.05, 4.69) is 30.4 Å². The summed E-state index contributed by atoms with van der Waals surface area (Å²) in [5, 5.41) is 11.0. The molecular weight excluding hydrogens is 460 g/mol. The molecule has 33 heavy (non-hydrogen) atoms. The third kappa shape index (κ3) is 4.41. The van der Waals surface area contributed by atoms with Gasteiger partial charge in [-0.25, -0.2) is 23.4 Å². The molecule has 10 nitrogen and oxygen atoms in total. The van der Waals surface area contributed by atoms with Crippen LogP contribution in [-0.2, 0) is 10.0 Å². The highest BCUT2D eigenvalue weighted by molar-refractivity contribution is 7.88. The molecule has 4 aromatic rings. The maximum atomic E-state index is 11.9. The van der Waals surface area contributed by atoms with Crippen molar-refractivity contribution in [3.63, 3.8) is 0 Å². The molecule has 0 radical (unpaired) electrons. The first-order chi connectivity index (χ1) is 15.8. The van der Waals surface area contributed by atoms with Gasteiger partial charge in [0, 0.05) is 54.9 Å². The number of pyridine rings is 2. The zero-order chi connectivity index (χ0) is 23.2. The van der Waals surface area contributed by atoms with Crippen molar-refractivity contribution in [2.75, 3.05) is 36.1 Å². The molecule has 1 fully saturated rings. The number of rotatable bonds is 5. The van der Waals surface area contributed by atoms with E-state index in [0.29, 0.717) is 30.6 Å². The van der Waals surface area contributed by atoms with Crippen molar-refractivity contribution < 1.29 is 8.42 Å². The summed E-state index contributed by atoms with van der Waals surface area (Å²) < 4.78 is 25.3. The van der Waals surface area contributed by atoms with Crippen LogP contribution >= 0.6 is 11.3 Å². The lowest BCUT2D eigenvalue weighted by molar-refractivity contribution is 0.345. The minimum atomic E-state index is -3.18. The van der Waals surface area contributed by atoms with E-state index in [4.69, 9.17) is 4.98 Å². The van der Waals surface area contributed by atoms with E-state index in [-0.39, 0.29) is 6.04 Å². The number of aromatic nitrogens is 5. The maximum Gasteiger partial charge on any atom is 0.211 e. The fourth-order valence-corrected chi connectivity index (χ4v) is 5.76. The third-order valence-corrected chi connectivity index (χ3v) is 7.88. The Morgan fingerprint density at radius 3 is 2.79 bits per heavy atom. The molecule has 1 saturated heterocycles. The number of nitrogens with zero attached hydrogens (tertiary/aromatic N) is 6. The van der Waals surface area contributed by atoms with Crippen LogP contribution in [0.3, 0.4) is 0 Å². The molecule has 5 rings (SSSR count). The summed E-state index contributed by atoms with van der Waals surface area (Å²) in [6.07, 6.45) is 4.78. The van der Waals surface area contributed by atoms with Crippen LogP contribution in [-0.4, -0.2) is 69.8 Å². The van der Waals surface area contributed by atoms with Gasteiger partial charge in [0.15, 0.2) is 5.13 Å². The van der Waals surface area contributed by atoms with Crippen molar-refractivity contribution in [3.05, 3.63) is 42.4 Å². The summed E-state index contributed by atoms with van der Waals surface area (Å²) in [6.45, 7) is 5.55. The second kappa shape index (κ2) is 8.36. The van der Waals surface area contributed by atoms with E-state index < -0.39 is 10.0 Å². The second-order valence-corrected chi connectivity index (χ2v) is 11.1. The molecule has 172 valence electrons. The van der Waals surface area contributed by atoms with Crippen molar-refractivity contribution in [3.8, 4) is 11.3 Å². The van der Waals surface area contributed by atoms with Gasteiger partial charge in [-0.15, -0.1) is 0 Å². The Balaban J connectivity index is 1.35. The third-order valence-electron chi connectivity index (χ3n) is 5.73. The van der Waals surface area contributed by atoms with E-state index in [9.17, 15) is 8.42 Å². The average Bonchev–Trinajstić information content (AvgIpc) is 3.37. The molecule has 4 aromatic heterocycles. The maximum absolute atomic E-state index is 11.9. The van der Waals surface area contributed by atoms with Crippen LogP contribution in [0.4, 0.5) is 16.6 Å². The molecule has 1 aliphatic heterocycles. The highest BCUT2D eigenvalue weighted by atomic mass is 32.2. The van der Waals surface area contributed by atoms with E-state index in [1.165, 1.54) is 21.9 Å². The van der Waals surface area contributed by atoms with Gasteiger partial charge in [0.25, 0.3) is 0 Å². The van der Waals surface area contributed by atoms with Gasteiger partial charge in [-0.1, -0.05) is 11.3 Å². The number of nitrogens with one attached hydrogen (secondary N) is 2. The first-order valence-electron chi connectivity index (χ1n) is 10.5. The number of sulfonamides is 1. The molecule has 1 atom stereocenters. The number of hydrogen-bond donors (Lipinski definition) is 2. The quantitative estimate of drug-likeness (QED) is 0.444. The summed E-state index contributed by atoms with van der Waals surface area (Å²) in [6, 6.07) is 7.86. The van der Waals surface area contributed by atoms with Gasteiger partial charge in [-0.3, -0.25) is 5.10 Å². The van der Waals surface area contributed by atoms with E-state index >= 15 is 0 Å². The number of fused-ring (bicyclic) bond motifs is 1. The molecule has 1 aliphatic rings. The number of H-pyrrole nitrogens is 1. The molecule has 0 amide bonds. The van der Waals surface area contributed by atoms with E-state index in [0.717, 1.165) is 33.0 Å². The lowest BCUT2D eigenvalue weighted by atomic mass is 10.2. The van der Waals surface area contributed by atoms with Crippen molar-refractivity contribution in [2.45, 2.75) is 19.9 Å². The molecule has 0 aromatic carbocycles. The van der Waals surface area contributed by atoms with Crippen LogP contribution in [0.2, 0.25) is 0 Å².